The van der Waals surface area contributed by atoms with E-state index in [4.69, 9.17) is 5.73 Å². The third kappa shape index (κ3) is 2.70. The minimum absolute atomic E-state index is 0.151. The second kappa shape index (κ2) is 5.37. The Bertz CT molecular complexity index is 409. The normalized spacial score (nSPS) is 17.8. The zero-order valence-corrected chi connectivity index (χ0v) is 10.8. The van der Waals surface area contributed by atoms with Crippen molar-refractivity contribution in [1.29, 1.82) is 0 Å². The van der Waals surface area contributed by atoms with E-state index < -0.39 is 0 Å². The van der Waals surface area contributed by atoms with Crippen molar-refractivity contribution in [2.24, 2.45) is 5.73 Å². The minimum Gasteiger partial charge on any atom is -0.367 e. The molecule has 0 spiro atoms. The first kappa shape index (κ1) is 12.2. The standard InChI is InChI=1S/C15H22N2/c1-3-14(16)13-6-4-5-7-15(13)17-10-8-12(2)9-11-17/h4-8,14H,3,9-11,16H2,1-2H3/t14-/m1/s1. The molecule has 1 aliphatic rings. The number of nitrogens with two attached hydrogens (primary N) is 1. The van der Waals surface area contributed by atoms with Crippen LogP contribution in [0.25, 0.3) is 0 Å². The smallest absolute Gasteiger partial charge is 0.0417 e. The average molecular weight is 230 g/mol. The van der Waals surface area contributed by atoms with Gasteiger partial charge in [0, 0.05) is 24.8 Å². The summed E-state index contributed by atoms with van der Waals surface area (Å²) in [6.07, 6.45) is 4.47. The number of hydrogen-bond acceptors (Lipinski definition) is 2. The van der Waals surface area contributed by atoms with Gasteiger partial charge in [0.05, 0.1) is 0 Å². The van der Waals surface area contributed by atoms with E-state index in [0.29, 0.717) is 0 Å². The van der Waals surface area contributed by atoms with Crippen molar-refractivity contribution in [3.05, 3.63) is 41.5 Å². The predicted octanol–water partition coefficient (Wildman–Crippen LogP) is 3.25. The fraction of sp³-hybridized carbons (Fsp3) is 0.467. The van der Waals surface area contributed by atoms with Crippen molar-refractivity contribution in [2.45, 2.75) is 32.7 Å². The van der Waals surface area contributed by atoms with Crippen molar-refractivity contribution in [2.75, 3.05) is 18.0 Å². The van der Waals surface area contributed by atoms with Crippen molar-refractivity contribution in [1.82, 2.24) is 0 Å². The number of benzene rings is 1. The van der Waals surface area contributed by atoms with Crippen LogP contribution in [-0.2, 0) is 0 Å². The lowest BCUT2D eigenvalue weighted by atomic mass is 10.0. The molecule has 0 amide bonds. The van der Waals surface area contributed by atoms with E-state index in [1.54, 1.807) is 0 Å². The van der Waals surface area contributed by atoms with E-state index in [-0.39, 0.29) is 6.04 Å². The molecule has 1 aromatic carbocycles. The Morgan fingerprint density at radius 2 is 2.12 bits per heavy atom. The molecule has 0 saturated carbocycles. The van der Waals surface area contributed by atoms with Crippen LogP contribution in [-0.4, -0.2) is 13.1 Å². The number of hydrogen-bond donors (Lipinski definition) is 1. The first-order valence-electron chi connectivity index (χ1n) is 6.47. The van der Waals surface area contributed by atoms with Gasteiger partial charge in [-0.1, -0.05) is 36.8 Å². The highest BCUT2D eigenvalue weighted by atomic mass is 15.1. The van der Waals surface area contributed by atoms with Gasteiger partial charge in [-0.05, 0) is 31.4 Å². The van der Waals surface area contributed by atoms with Gasteiger partial charge in [-0.2, -0.15) is 0 Å². The Morgan fingerprint density at radius 3 is 2.76 bits per heavy atom. The number of para-hydroxylation sites is 1. The van der Waals surface area contributed by atoms with Gasteiger partial charge < -0.3 is 10.6 Å². The maximum atomic E-state index is 6.19. The van der Waals surface area contributed by atoms with E-state index >= 15 is 0 Å². The molecule has 0 bridgehead atoms. The topological polar surface area (TPSA) is 29.3 Å². The lowest BCUT2D eigenvalue weighted by molar-refractivity contribution is 0.688. The molecule has 2 nitrogen and oxygen atoms in total. The summed E-state index contributed by atoms with van der Waals surface area (Å²) in [6, 6.07) is 8.69. The van der Waals surface area contributed by atoms with Crippen LogP contribution in [0.3, 0.4) is 0 Å². The van der Waals surface area contributed by atoms with E-state index in [2.05, 4.69) is 49.1 Å². The highest BCUT2D eigenvalue weighted by molar-refractivity contribution is 5.56. The molecule has 0 aromatic heterocycles. The Labute approximate surface area is 104 Å². The maximum absolute atomic E-state index is 6.19. The molecule has 2 N–H and O–H groups in total. The Hall–Kier alpha value is -1.28. The monoisotopic (exact) mass is 230 g/mol. The van der Waals surface area contributed by atoms with Crippen LogP contribution in [0.15, 0.2) is 35.9 Å². The summed E-state index contributed by atoms with van der Waals surface area (Å²) in [7, 11) is 0. The fourth-order valence-corrected chi connectivity index (χ4v) is 2.30. The van der Waals surface area contributed by atoms with Gasteiger partial charge in [-0.25, -0.2) is 0 Å². The molecule has 1 aromatic rings. The lowest BCUT2D eigenvalue weighted by Crippen LogP contribution is -2.30. The summed E-state index contributed by atoms with van der Waals surface area (Å²) >= 11 is 0. The molecular weight excluding hydrogens is 208 g/mol. The van der Waals surface area contributed by atoms with Crippen molar-refractivity contribution in [3.8, 4) is 0 Å². The number of anilines is 1. The molecular formula is C15H22N2. The van der Waals surface area contributed by atoms with E-state index in [0.717, 1.165) is 25.9 Å². The molecule has 0 radical (unpaired) electrons. The van der Waals surface area contributed by atoms with Crippen molar-refractivity contribution in [3.63, 3.8) is 0 Å². The zero-order valence-electron chi connectivity index (χ0n) is 10.8. The maximum Gasteiger partial charge on any atom is 0.0417 e. The van der Waals surface area contributed by atoms with Crippen LogP contribution in [0.4, 0.5) is 5.69 Å². The average Bonchev–Trinajstić information content (AvgIpc) is 2.39. The van der Waals surface area contributed by atoms with Gasteiger partial charge in [0.25, 0.3) is 0 Å². The number of rotatable bonds is 3. The highest BCUT2D eigenvalue weighted by Crippen LogP contribution is 2.28. The van der Waals surface area contributed by atoms with Gasteiger partial charge in [-0.15, -0.1) is 0 Å². The first-order valence-corrected chi connectivity index (χ1v) is 6.47. The molecule has 17 heavy (non-hydrogen) atoms. The Balaban J connectivity index is 2.26. The van der Waals surface area contributed by atoms with Crippen LogP contribution in [0.5, 0.6) is 0 Å². The van der Waals surface area contributed by atoms with Crippen LogP contribution in [0, 0.1) is 0 Å². The highest BCUT2D eigenvalue weighted by Gasteiger charge is 2.15. The van der Waals surface area contributed by atoms with Gasteiger partial charge in [0.2, 0.25) is 0 Å². The molecule has 1 atom stereocenters. The SMILES string of the molecule is CC[C@@H](N)c1ccccc1N1CC=C(C)CC1. The quantitative estimate of drug-likeness (QED) is 0.808. The Kier molecular flexibility index (Phi) is 3.85. The number of nitrogens with zero attached hydrogens (tertiary/aromatic N) is 1. The minimum atomic E-state index is 0.151. The van der Waals surface area contributed by atoms with Gasteiger partial charge in [0.15, 0.2) is 0 Å². The second-order valence-electron chi connectivity index (χ2n) is 4.82. The van der Waals surface area contributed by atoms with Gasteiger partial charge >= 0.3 is 0 Å². The summed E-state index contributed by atoms with van der Waals surface area (Å²) < 4.78 is 0. The molecule has 92 valence electrons. The van der Waals surface area contributed by atoms with Crippen molar-refractivity contribution < 1.29 is 0 Å². The summed E-state index contributed by atoms with van der Waals surface area (Å²) in [5.74, 6) is 0. The van der Waals surface area contributed by atoms with Crippen LogP contribution in [0.1, 0.15) is 38.3 Å². The lowest BCUT2D eigenvalue weighted by Gasteiger charge is -2.30. The Morgan fingerprint density at radius 1 is 1.35 bits per heavy atom. The summed E-state index contributed by atoms with van der Waals surface area (Å²) in [5.41, 5.74) is 10.3. The van der Waals surface area contributed by atoms with Gasteiger partial charge in [-0.3, -0.25) is 0 Å². The summed E-state index contributed by atoms with van der Waals surface area (Å²) in [6.45, 7) is 6.47. The second-order valence-corrected chi connectivity index (χ2v) is 4.82. The van der Waals surface area contributed by atoms with E-state index in [9.17, 15) is 0 Å². The van der Waals surface area contributed by atoms with E-state index in [1.807, 2.05) is 0 Å². The molecule has 0 unspecified atom stereocenters. The summed E-state index contributed by atoms with van der Waals surface area (Å²) in [5, 5.41) is 0. The molecule has 2 heteroatoms. The third-order valence-corrected chi connectivity index (χ3v) is 3.55. The van der Waals surface area contributed by atoms with Crippen LogP contribution >= 0.6 is 0 Å². The zero-order chi connectivity index (χ0) is 12.3. The van der Waals surface area contributed by atoms with Gasteiger partial charge in [0.1, 0.15) is 0 Å². The summed E-state index contributed by atoms with van der Waals surface area (Å²) in [4.78, 5) is 2.43. The molecule has 0 aliphatic carbocycles. The molecule has 2 rings (SSSR count). The molecule has 0 fully saturated rings. The third-order valence-electron chi connectivity index (χ3n) is 3.55. The van der Waals surface area contributed by atoms with Crippen molar-refractivity contribution >= 4 is 5.69 Å². The van der Waals surface area contributed by atoms with E-state index in [1.165, 1.54) is 16.8 Å². The molecule has 1 heterocycles. The predicted molar refractivity (Wildman–Crippen MR) is 74.2 cm³/mol. The van der Waals surface area contributed by atoms with Crippen LogP contribution in [0.2, 0.25) is 0 Å². The largest absolute Gasteiger partial charge is 0.367 e. The first-order chi connectivity index (χ1) is 8.22. The van der Waals surface area contributed by atoms with Crippen LogP contribution < -0.4 is 10.6 Å². The molecule has 1 aliphatic heterocycles. The fourth-order valence-electron chi connectivity index (χ4n) is 2.30. The molecule has 0 saturated heterocycles.